The van der Waals surface area contributed by atoms with Crippen LogP contribution in [0.2, 0.25) is 0 Å². The average molecular weight is 326 g/mol. The van der Waals surface area contributed by atoms with Crippen LogP contribution in [0, 0.1) is 0 Å². The minimum absolute atomic E-state index is 0.0822. The summed E-state index contributed by atoms with van der Waals surface area (Å²) in [6.07, 6.45) is 3.12. The van der Waals surface area contributed by atoms with E-state index in [1.54, 1.807) is 4.68 Å². The van der Waals surface area contributed by atoms with Crippen LogP contribution >= 0.6 is 0 Å². The Kier molecular flexibility index (Phi) is 3.98. The smallest absolute Gasteiger partial charge is 0.256 e. The van der Waals surface area contributed by atoms with Gasteiger partial charge in [0.25, 0.3) is 5.91 Å². The van der Waals surface area contributed by atoms with Crippen LogP contribution in [0.25, 0.3) is 0 Å². The van der Waals surface area contributed by atoms with Gasteiger partial charge in [-0.15, -0.1) is 0 Å². The Labute approximate surface area is 141 Å². The number of hydrogen-bond acceptors (Lipinski definition) is 4. The maximum atomic E-state index is 12.6. The molecule has 0 spiro atoms. The van der Waals surface area contributed by atoms with Crippen molar-refractivity contribution < 1.29 is 9.53 Å². The van der Waals surface area contributed by atoms with Crippen molar-refractivity contribution in [2.24, 2.45) is 7.05 Å². The van der Waals surface area contributed by atoms with Crippen LogP contribution in [0.5, 0.6) is 0 Å². The normalized spacial score (nSPS) is 17.0. The number of fused-ring (bicyclic) bond motifs is 1. The number of morpholine rings is 1. The molecule has 0 saturated carbocycles. The van der Waals surface area contributed by atoms with E-state index in [9.17, 15) is 4.79 Å². The molecule has 1 aromatic carbocycles. The number of aryl methyl sites for hydroxylation is 2. The van der Waals surface area contributed by atoms with Crippen molar-refractivity contribution in [3.8, 4) is 0 Å². The topological polar surface area (TPSA) is 59.4 Å². The van der Waals surface area contributed by atoms with E-state index in [1.165, 1.54) is 5.56 Å². The number of carbonyl (C=O) groups is 1. The number of anilines is 2. The standard InChI is InChI=1S/C18H22N4O2/c1-21-17(15-3-2-4-16(15)20-21)19-18(23)13-5-7-14(8-6-13)22-9-11-24-12-10-22/h5-8H,2-4,9-12H2,1H3,(H,19,23). The molecule has 2 aliphatic rings. The zero-order valence-electron chi connectivity index (χ0n) is 13.9. The molecule has 126 valence electrons. The van der Waals surface area contributed by atoms with E-state index in [0.29, 0.717) is 5.56 Å². The van der Waals surface area contributed by atoms with E-state index in [1.807, 2.05) is 31.3 Å². The lowest BCUT2D eigenvalue weighted by molar-refractivity contribution is 0.102. The molecule has 1 amide bonds. The van der Waals surface area contributed by atoms with E-state index in [4.69, 9.17) is 4.74 Å². The molecule has 2 heterocycles. The van der Waals surface area contributed by atoms with E-state index in [-0.39, 0.29) is 5.91 Å². The molecule has 0 bridgehead atoms. The highest BCUT2D eigenvalue weighted by molar-refractivity contribution is 6.04. The maximum Gasteiger partial charge on any atom is 0.256 e. The molecule has 0 unspecified atom stereocenters. The largest absolute Gasteiger partial charge is 0.378 e. The number of carbonyl (C=O) groups excluding carboxylic acids is 1. The minimum Gasteiger partial charge on any atom is -0.378 e. The highest BCUT2D eigenvalue weighted by Crippen LogP contribution is 2.28. The van der Waals surface area contributed by atoms with Gasteiger partial charge in [-0.2, -0.15) is 5.10 Å². The van der Waals surface area contributed by atoms with Gasteiger partial charge in [0.15, 0.2) is 0 Å². The van der Waals surface area contributed by atoms with Crippen LogP contribution in [0.15, 0.2) is 24.3 Å². The molecule has 1 aliphatic carbocycles. The number of hydrogen-bond donors (Lipinski definition) is 1. The van der Waals surface area contributed by atoms with Crippen LogP contribution in [0.1, 0.15) is 28.0 Å². The highest BCUT2D eigenvalue weighted by atomic mass is 16.5. The minimum atomic E-state index is -0.0822. The van der Waals surface area contributed by atoms with Gasteiger partial charge in [-0.25, -0.2) is 0 Å². The second-order valence-electron chi connectivity index (χ2n) is 6.35. The number of benzene rings is 1. The summed E-state index contributed by atoms with van der Waals surface area (Å²) in [6.45, 7) is 3.31. The Morgan fingerprint density at radius 3 is 2.67 bits per heavy atom. The molecule has 2 aromatic rings. The Bertz CT molecular complexity index is 745. The lowest BCUT2D eigenvalue weighted by Crippen LogP contribution is -2.36. The van der Waals surface area contributed by atoms with Crippen LogP contribution in [0.4, 0.5) is 11.5 Å². The third-order valence-corrected chi connectivity index (χ3v) is 4.81. The molecule has 1 fully saturated rings. The number of nitrogens with one attached hydrogen (secondary N) is 1. The van der Waals surface area contributed by atoms with Crippen molar-refractivity contribution in [1.82, 2.24) is 9.78 Å². The van der Waals surface area contributed by atoms with E-state index < -0.39 is 0 Å². The van der Waals surface area contributed by atoms with Gasteiger partial charge in [0, 0.05) is 37.0 Å². The molecular formula is C18H22N4O2. The Morgan fingerprint density at radius 2 is 1.92 bits per heavy atom. The van der Waals surface area contributed by atoms with Crippen LogP contribution in [0.3, 0.4) is 0 Å². The molecule has 1 aliphatic heterocycles. The van der Waals surface area contributed by atoms with Crippen molar-refractivity contribution in [2.45, 2.75) is 19.3 Å². The van der Waals surface area contributed by atoms with E-state index in [0.717, 1.165) is 62.8 Å². The van der Waals surface area contributed by atoms with Gasteiger partial charge >= 0.3 is 0 Å². The maximum absolute atomic E-state index is 12.6. The molecule has 4 rings (SSSR count). The van der Waals surface area contributed by atoms with Crippen LogP contribution < -0.4 is 10.2 Å². The summed E-state index contributed by atoms with van der Waals surface area (Å²) in [5.41, 5.74) is 4.11. The first kappa shape index (κ1) is 15.2. The van der Waals surface area contributed by atoms with Gasteiger partial charge < -0.3 is 15.0 Å². The highest BCUT2D eigenvalue weighted by Gasteiger charge is 2.22. The lowest BCUT2D eigenvalue weighted by Gasteiger charge is -2.28. The fourth-order valence-corrected chi connectivity index (χ4v) is 3.50. The lowest BCUT2D eigenvalue weighted by atomic mass is 10.1. The summed E-state index contributed by atoms with van der Waals surface area (Å²) < 4.78 is 7.16. The van der Waals surface area contributed by atoms with Crippen molar-refractivity contribution in [3.63, 3.8) is 0 Å². The summed E-state index contributed by atoms with van der Waals surface area (Å²) >= 11 is 0. The predicted molar refractivity (Wildman–Crippen MR) is 92.7 cm³/mol. The molecule has 6 heteroatoms. The summed E-state index contributed by atoms with van der Waals surface area (Å²) in [5, 5.41) is 7.53. The van der Waals surface area contributed by atoms with Crippen molar-refractivity contribution >= 4 is 17.4 Å². The second kappa shape index (κ2) is 6.28. The molecule has 1 N–H and O–H groups in total. The van der Waals surface area contributed by atoms with Gasteiger partial charge in [-0.05, 0) is 43.5 Å². The Hall–Kier alpha value is -2.34. The number of aromatic nitrogens is 2. The zero-order chi connectivity index (χ0) is 16.5. The van der Waals surface area contributed by atoms with Gasteiger partial charge in [0.1, 0.15) is 5.82 Å². The monoisotopic (exact) mass is 326 g/mol. The third-order valence-electron chi connectivity index (χ3n) is 4.81. The van der Waals surface area contributed by atoms with E-state index in [2.05, 4.69) is 15.3 Å². The molecule has 0 radical (unpaired) electrons. The number of amides is 1. The molecule has 24 heavy (non-hydrogen) atoms. The first-order chi connectivity index (χ1) is 11.7. The first-order valence-corrected chi connectivity index (χ1v) is 8.51. The Balaban J connectivity index is 1.49. The number of ether oxygens (including phenoxy) is 1. The van der Waals surface area contributed by atoms with Crippen LogP contribution in [-0.4, -0.2) is 42.0 Å². The quantitative estimate of drug-likeness (QED) is 0.937. The van der Waals surface area contributed by atoms with Crippen molar-refractivity contribution in [2.75, 3.05) is 36.5 Å². The van der Waals surface area contributed by atoms with Crippen molar-refractivity contribution in [3.05, 3.63) is 41.1 Å². The number of rotatable bonds is 3. The molecular weight excluding hydrogens is 304 g/mol. The fourth-order valence-electron chi connectivity index (χ4n) is 3.50. The molecule has 1 saturated heterocycles. The Morgan fingerprint density at radius 1 is 1.17 bits per heavy atom. The second-order valence-corrected chi connectivity index (χ2v) is 6.35. The molecule has 1 aromatic heterocycles. The zero-order valence-corrected chi connectivity index (χ0v) is 13.9. The summed E-state index contributed by atoms with van der Waals surface area (Å²) in [6, 6.07) is 7.79. The molecule has 6 nitrogen and oxygen atoms in total. The van der Waals surface area contributed by atoms with Gasteiger partial charge in [-0.1, -0.05) is 0 Å². The number of nitrogens with zero attached hydrogens (tertiary/aromatic N) is 3. The van der Waals surface area contributed by atoms with E-state index >= 15 is 0 Å². The summed E-state index contributed by atoms with van der Waals surface area (Å²) in [5.74, 6) is 0.756. The van der Waals surface area contributed by atoms with Gasteiger partial charge in [0.05, 0.1) is 18.9 Å². The SMILES string of the molecule is Cn1nc2c(c1NC(=O)c1ccc(N3CCOCC3)cc1)CCC2. The van der Waals surface area contributed by atoms with Gasteiger partial charge in [-0.3, -0.25) is 9.48 Å². The summed E-state index contributed by atoms with van der Waals surface area (Å²) in [7, 11) is 1.88. The molecule has 0 atom stereocenters. The average Bonchev–Trinajstić information content (AvgIpc) is 3.18. The van der Waals surface area contributed by atoms with Crippen LogP contribution in [-0.2, 0) is 24.6 Å². The fraction of sp³-hybridized carbons (Fsp3) is 0.444. The first-order valence-electron chi connectivity index (χ1n) is 8.51. The van der Waals surface area contributed by atoms with Gasteiger partial charge in [0.2, 0.25) is 0 Å². The predicted octanol–water partition coefficient (Wildman–Crippen LogP) is 2.00. The van der Waals surface area contributed by atoms with Crippen molar-refractivity contribution in [1.29, 1.82) is 0 Å². The summed E-state index contributed by atoms with van der Waals surface area (Å²) in [4.78, 5) is 14.8. The third kappa shape index (κ3) is 2.78.